The van der Waals surface area contributed by atoms with Gasteiger partial charge in [-0.05, 0) is 31.2 Å². The Bertz CT molecular complexity index is 1240. The number of hydrogen-bond acceptors (Lipinski definition) is 6. The van der Waals surface area contributed by atoms with Crippen molar-refractivity contribution in [2.24, 2.45) is 0 Å². The number of nitro groups is 1. The summed E-state index contributed by atoms with van der Waals surface area (Å²) < 4.78 is 20.1. The fourth-order valence-corrected chi connectivity index (χ4v) is 4.25. The van der Waals surface area contributed by atoms with E-state index in [4.69, 9.17) is 16.6 Å². The number of hydrogen-bond donors (Lipinski definition) is 0. The topological polar surface area (TPSA) is 76.6 Å². The molecule has 1 amide bonds. The van der Waals surface area contributed by atoms with Crippen molar-refractivity contribution in [2.75, 3.05) is 4.90 Å². The van der Waals surface area contributed by atoms with E-state index in [0.717, 1.165) is 16.7 Å². The smallest absolute Gasteiger partial charge is 0.273 e. The van der Waals surface area contributed by atoms with Crippen LogP contribution in [0, 0.1) is 22.9 Å². The minimum absolute atomic E-state index is 0.00351. The highest BCUT2D eigenvalue weighted by Gasteiger charge is 2.35. The van der Waals surface area contributed by atoms with Crippen LogP contribution in [0.1, 0.15) is 11.3 Å². The Morgan fingerprint density at radius 2 is 1.97 bits per heavy atom. The summed E-state index contributed by atoms with van der Waals surface area (Å²) in [6, 6.07) is 14.0. The fourth-order valence-electron chi connectivity index (χ4n) is 2.98. The minimum atomic E-state index is -0.545. The third-order valence-corrected chi connectivity index (χ3v) is 5.78. The number of benzene rings is 2. The Balaban J connectivity index is 1.63. The number of amides is 1. The second-order valence-corrected chi connectivity index (χ2v) is 8.10. The molecule has 0 bridgehead atoms. The van der Waals surface area contributed by atoms with Crippen LogP contribution in [0.15, 0.2) is 63.9 Å². The summed E-state index contributed by atoms with van der Waals surface area (Å²) in [5.41, 5.74) is 1.19. The SMILES string of the molecule is Cc1ccc(-c2ccc(/C=C3\SC(=S)N(c4ccccc4F)C3=O)o2)cc1[N+](=O)[O-]. The number of thioether (sulfide) groups is 1. The first kappa shape index (κ1) is 20.0. The van der Waals surface area contributed by atoms with Gasteiger partial charge in [-0.3, -0.25) is 19.8 Å². The van der Waals surface area contributed by atoms with Gasteiger partial charge in [0.1, 0.15) is 17.3 Å². The molecule has 2 heterocycles. The third kappa shape index (κ3) is 3.64. The van der Waals surface area contributed by atoms with Crippen molar-refractivity contribution in [3.63, 3.8) is 0 Å². The third-order valence-electron chi connectivity index (χ3n) is 4.48. The molecule has 6 nitrogen and oxygen atoms in total. The van der Waals surface area contributed by atoms with Crippen LogP contribution >= 0.6 is 24.0 Å². The van der Waals surface area contributed by atoms with Gasteiger partial charge in [-0.1, -0.05) is 48.2 Å². The van der Waals surface area contributed by atoms with Gasteiger partial charge in [-0.15, -0.1) is 0 Å². The molecule has 4 rings (SSSR count). The highest BCUT2D eigenvalue weighted by Crippen LogP contribution is 2.37. The maximum absolute atomic E-state index is 14.1. The number of aryl methyl sites for hydroxylation is 1. The second-order valence-electron chi connectivity index (χ2n) is 6.43. The standard InChI is InChI=1S/C21H13FN2O4S2/c1-12-6-7-13(10-17(12)24(26)27)18-9-8-14(28-18)11-19-20(25)23(21(29)30-19)16-5-3-2-4-15(16)22/h2-11H,1H3/b19-11-. The van der Waals surface area contributed by atoms with E-state index in [1.807, 2.05) is 0 Å². The van der Waals surface area contributed by atoms with Crippen LogP contribution in [-0.2, 0) is 4.79 Å². The summed E-state index contributed by atoms with van der Waals surface area (Å²) in [7, 11) is 0. The van der Waals surface area contributed by atoms with Crippen LogP contribution in [0.25, 0.3) is 17.4 Å². The zero-order valence-electron chi connectivity index (χ0n) is 15.5. The maximum atomic E-state index is 14.1. The number of para-hydroxylation sites is 1. The van der Waals surface area contributed by atoms with Crippen LogP contribution in [0.4, 0.5) is 15.8 Å². The molecule has 0 radical (unpaired) electrons. The van der Waals surface area contributed by atoms with E-state index in [2.05, 4.69) is 0 Å². The van der Waals surface area contributed by atoms with Crippen LogP contribution < -0.4 is 4.90 Å². The molecule has 1 aliphatic rings. The zero-order chi connectivity index (χ0) is 21.4. The Morgan fingerprint density at radius 3 is 2.70 bits per heavy atom. The number of thiocarbonyl (C=S) groups is 1. The van der Waals surface area contributed by atoms with Gasteiger partial charge in [-0.25, -0.2) is 4.39 Å². The number of nitrogens with zero attached hydrogens (tertiary/aromatic N) is 2. The number of halogens is 1. The van der Waals surface area contributed by atoms with E-state index in [9.17, 15) is 19.3 Å². The molecule has 0 saturated carbocycles. The number of rotatable bonds is 4. The van der Waals surface area contributed by atoms with Crippen molar-refractivity contribution < 1.29 is 18.5 Å². The quantitative estimate of drug-likeness (QED) is 0.224. The van der Waals surface area contributed by atoms with Gasteiger partial charge >= 0.3 is 0 Å². The van der Waals surface area contributed by atoms with Gasteiger partial charge in [0.25, 0.3) is 11.6 Å². The molecular formula is C21H13FN2O4S2. The average Bonchev–Trinajstić information content (AvgIpc) is 3.28. The Kier molecular flexibility index (Phi) is 5.23. The van der Waals surface area contributed by atoms with E-state index >= 15 is 0 Å². The molecule has 0 unspecified atom stereocenters. The fraction of sp³-hybridized carbons (Fsp3) is 0.0476. The number of carbonyl (C=O) groups excluding carboxylic acids is 1. The van der Waals surface area contributed by atoms with Gasteiger partial charge < -0.3 is 4.42 Å². The summed E-state index contributed by atoms with van der Waals surface area (Å²) in [5, 5.41) is 11.2. The van der Waals surface area contributed by atoms with Crippen LogP contribution in [0.5, 0.6) is 0 Å². The predicted octanol–water partition coefficient (Wildman–Crippen LogP) is 5.71. The monoisotopic (exact) mass is 440 g/mol. The van der Waals surface area contributed by atoms with E-state index in [1.54, 1.807) is 37.3 Å². The molecule has 1 aliphatic heterocycles. The molecule has 150 valence electrons. The van der Waals surface area contributed by atoms with E-state index in [-0.39, 0.29) is 15.7 Å². The molecule has 0 spiro atoms. The average molecular weight is 440 g/mol. The Hall–Kier alpha value is -3.30. The molecule has 1 saturated heterocycles. The predicted molar refractivity (Wildman–Crippen MR) is 118 cm³/mol. The molecule has 30 heavy (non-hydrogen) atoms. The van der Waals surface area contributed by atoms with E-state index < -0.39 is 16.6 Å². The lowest BCUT2D eigenvalue weighted by Gasteiger charge is -2.14. The molecule has 2 aromatic carbocycles. The molecule has 0 N–H and O–H groups in total. The molecule has 0 atom stereocenters. The number of furan rings is 1. The lowest BCUT2D eigenvalue weighted by Crippen LogP contribution is -2.28. The highest BCUT2D eigenvalue weighted by molar-refractivity contribution is 8.27. The molecule has 1 fully saturated rings. The van der Waals surface area contributed by atoms with Crippen molar-refractivity contribution in [3.8, 4) is 11.3 Å². The summed E-state index contributed by atoms with van der Waals surface area (Å²) in [5.74, 6) is -0.188. The highest BCUT2D eigenvalue weighted by atomic mass is 32.2. The van der Waals surface area contributed by atoms with Crippen molar-refractivity contribution in [2.45, 2.75) is 6.92 Å². The van der Waals surface area contributed by atoms with E-state index in [1.165, 1.54) is 30.3 Å². The van der Waals surface area contributed by atoms with Crippen molar-refractivity contribution >= 4 is 51.7 Å². The Morgan fingerprint density at radius 1 is 1.20 bits per heavy atom. The van der Waals surface area contributed by atoms with Crippen LogP contribution in [0.3, 0.4) is 0 Å². The van der Waals surface area contributed by atoms with Crippen LogP contribution in [0.2, 0.25) is 0 Å². The molecule has 0 aliphatic carbocycles. The normalized spacial score (nSPS) is 15.3. The van der Waals surface area contributed by atoms with Gasteiger partial charge in [0.2, 0.25) is 0 Å². The number of nitro benzene ring substituents is 1. The van der Waals surface area contributed by atoms with Gasteiger partial charge in [0, 0.05) is 23.3 Å². The summed E-state index contributed by atoms with van der Waals surface area (Å²) >= 11 is 6.30. The molecule has 9 heteroatoms. The Labute approximate surface area is 180 Å². The second kappa shape index (κ2) is 7.85. The van der Waals surface area contributed by atoms with Crippen molar-refractivity contribution in [1.29, 1.82) is 0 Å². The summed E-state index contributed by atoms with van der Waals surface area (Å²) in [6.07, 6.45) is 1.52. The first-order chi connectivity index (χ1) is 14.3. The molecule has 3 aromatic rings. The van der Waals surface area contributed by atoms with Gasteiger partial charge in [0.15, 0.2) is 4.32 Å². The largest absolute Gasteiger partial charge is 0.457 e. The van der Waals surface area contributed by atoms with Gasteiger partial charge in [0.05, 0.1) is 15.5 Å². The minimum Gasteiger partial charge on any atom is -0.457 e. The van der Waals surface area contributed by atoms with Crippen molar-refractivity contribution in [1.82, 2.24) is 0 Å². The first-order valence-electron chi connectivity index (χ1n) is 8.73. The summed E-state index contributed by atoms with van der Waals surface area (Å²) in [4.78, 5) is 24.9. The van der Waals surface area contributed by atoms with Crippen molar-refractivity contribution in [3.05, 3.63) is 86.8 Å². The number of anilines is 1. The lowest BCUT2D eigenvalue weighted by atomic mass is 10.1. The van der Waals surface area contributed by atoms with Crippen LogP contribution in [-0.4, -0.2) is 15.2 Å². The summed E-state index contributed by atoms with van der Waals surface area (Å²) in [6.45, 7) is 1.66. The zero-order valence-corrected chi connectivity index (χ0v) is 17.1. The van der Waals surface area contributed by atoms with E-state index in [0.29, 0.717) is 27.6 Å². The maximum Gasteiger partial charge on any atom is 0.273 e. The molecular weight excluding hydrogens is 427 g/mol. The molecule has 1 aromatic heterocycles. The number of carbonyl (C=O) groups is 1. The van der Waals surface area contributed by atoms with Gasteiger partial charge in [-0.2, -0.15) is 0 Å². The lowest BCUT2D eigenvalue weighted by molar-refractivity contribution is -0.385. The first-order valence-corrected chi connectivity index (χ1v) is 9.95.